The fourth-order valence-electron chi connectivity index (χ4n) is 4.78. The summed E-state index contributed by atoms with van der Waals surface area (Å²) in [4.78, 5) is 39.3. The zero-order valence-corrected chi connectivity index (χ0v) is 23.2. The number of aliphatic hydroxyl groups is 7. The second kappa shape index (κ2) is 13.1. The molecule has 0 bridgehead atoms. The number of H-pyrrole nitrogens is 1. The third kappa shape index (κ3) is 6.00. The minimum absolute atomic E-state index is 0.0103. The standard InChI is InChI=1S/C26H32N2O16/c1-40-12-7-10(8-13(41-2)17(12)33)3-4-11(30)16(32)22-21(37)23(38)26(43-22,28-6-5-15(31)27-25(28)39)44-24-20(36)19(35)18(34)14(9-29)42-24/h3-8,14,16,18-24,29,32-38H,9H2,1-2H3,(H,27,31,39)/b4-3+/t14-,16?,18-,19+,20-,21-,22-,23-,24+,26+/m1/s1. The van der Waals surface area contributed by atoms with Crippen LogP contribution in [0.1, 0.15) is 5.56 Å². The molecule has 44 heavy (non-hydrogen) atoms. The van der Waals surface area contributed by atoms with E-state index < -0.39 is 84.7 Å². The van der Waals surface area contributed by atoms with Gasteiger partial charge in [-0.2, -0.15) is 0 Å². The summed E-state index contributed by atoms with van der Waals surface area (Å²) in [6, 6.07) is 3.50. The minimum Gasteiger partial charge on any atom is -0.502 e. The molecule has 9 N–H and O–H groups in total. The highest BCUT2D eigenvalue weighted by molar-refractivity contribution is 5.97. The fourth-order valence-corrected chi connectivity index (χ4v) is 4.78. The number of ketones is 1. The Balaban J connectivity index is 1.68. The lowest BCUT2D eigenvalue weighted by Gasteiger charge is -2.43. The Morgan fingerprint density at radius 2 is 1.70 bits per heavy atom. The van der Waals surface area contributed by atoms with Crippen LogP contribution in [0.4, 0.5) is 0 Å². The van der Waals surface area contributed by atoms with Gasteiger partial charge in [0.1, 0.15) is 42.7 Å². The number of aromatic hydroxyl groups is 1. The molecule has 0 radical (unpaired) electrons. The minimum atomic E-state index is -2.93. The molecule has 0 saturated carbocycles. The van der Waals surface area contributed by atoms with Crippen molar-refractivity contribution in [1.82, 2.24) is 9.55 Å². The monoisotopic (exact) mass is 628 g/mol. The largest absolute Gasteiger partial charge is 0.502 e. The lowest BCUT2D eigenvalue weighted by molar-refractivity contribution is -0.410. The normalized spacial score (nSPS) is 32.9. The van der Waals surface area contributed by atoms with E-state index in [2.05, 4.69) is 0 Å². The Hall–Kier alpha value is -3.69. The highest BCUT2D eigenvalue weighted by atomic mass is 16.8. The van der Waals surface area contributed by atoms with Gasteiger partial charge in [-0.3, -0.25) is 19.3 Å². The first-order valence-electron chi connectivity index (χ1n) is 13.0. The average molecular weight is 629 g/mol. The number of carbonyl (C=O) groups is 1. The van der Waals surface area contributed by atoms with E-state index in [4.69, 9.17) is 23.7 Å². The molecule has 10 atom stereocenters. The Labute approximate surface area is 247 Å². The molecular weight excluding hydrogens is 596 g/mol. The van der Waals surface area contributed by atoms with Crippen molar-refractivity contribution in [3.63, 3.8) is 0 Å². The van der Waals surface area contributed by atoms with Crippen LogP contribution in [0.3, 0.4) is 0 Å². The number of hydrogen-bond acceptors (Lipinski definition) is 16. The van der Waals surface area contributed by atoms with Gasteiger partial charge in [0.15, 0.2) is 29.7 Å². The SMILES string of the molecule is COc1cc(/C=C/C(=O)C(O)[C@H]2O[C@@](O[C@@H]3O[C@H](CO)[C@@H](O)[C@H](O)[C@H]3O)(n3ccc(=O)[nH]c3=O)[C@H](O)[C@@H]2O)cc(OC)c1O. The number of aromatic nitrogens is 2. The van der Waals surface area contributed by atoms with Crippen molar-refractivity contribution in [3.8, 4) is 17.2 Å². The van der Waals surface area contributed by atoms with E-state index in [-0.39, 0.29) is 22.8 Å². The molecule has 2 fully saturated rings. The molecule has 2 aromatic rings. The van der Waals surface area contributed by atoms with Gasteiger partial charge in [0.25, 0.3) is 11.5 Å². The van der Waals surface area contributed by atoms with Crippen LogP contribution in [-0.2, 0) is 24.9 Å². The van der Waals surface area contributed by atoms with E-state index in [1.807, 2.05) is 4.98 Å². The third-order valence-corrected chi connectivity index (χ3v) is 7.18. The van der Waals surface area contributed by atoms with E-state index in [0.29, 0.717) is 4.57 Å². The maximum absolute atomic E-state index is 13.0. The Morgan fingerprint density at radius 3 is 2.27 bits per heavy atom. The number of carbonyl (C=O) groups excluding carboxylic acids is 1. The molecule has 18 nitrogen and oxygen atoms in total. The molecule has 1 unspecified atom stereocenters. The van der Waals surface area contributed by atoms with Crippen molar-refractivity contribution >= 4 is 11.9 Å². The molecule has 4 rings (SSSR count). The second-order valence-corrected chi connectivity index (χ2v) is 9.90. The highest BCUT2D eigenvalue weighted by Gasteiger charge is 2.62. The maximum Gasteiger partial charge on any atom is 0.332 e. The molecule has 242 valence electrons. The van der Waals surface area contributed by atoms with Crippen LogP contribution < -0.4 is 20.7 Å². The molecule has 0 spiro atoms. The van der Waals surface area contributed by atoms with Gasteiger partial charge in [0, 0.05) is 12.3 Å². The molecule has 0 amide bonds. The first-order valence-corrected chi connectivity index (χ1v) is 13.0. The van der Waals surface area contributed by atoms with Crippen LogP contribution in [0.2, 0.25) is 0 Å². The molecule has 3 heterocycles. The Morgan fingerprint density at radius 1 is 1.07 bits per heavy atom. The summed E-state index contributed by atoms with van der Waals surface area (Å²) in [7, 11) is 2.57. The molecule has 1 aromatic carbocycles. The zero-order valence-electron chi connectivity index (χ0n) is 23.2. The van der Waals surface area contributed by atoms with Crippen LogP contribution in [0.15, 0.2) is 40.1 Å². The second-order valence-electron chi connectivity index (χ2n) is 9.90. The van der Waals surface area contributed by atoms with E-state index in [9.17, 15) is 55.2 Å². The van der Waals surface area contributed by atoms with Crippen LogP contribution in [0.5, 0.6) is 17.2 Å². The summed E-state index contributed by atoms with van der Waals surface area (Å²) in [5.41, 5.74) is -1.88. The molecular formula is C26H32N2O16. The number of hydrogen-bond donors (Lipinski definition) is 9. The summed E-state index contributed by atoms with van der Waals surface area (Å²) in [5.74, 6) is -4.29. The van der Waals surface area contributed by atoms with Crippen LogP contribution in [-0.4, -0.2) is 132 Å². The third-order valence-electron chi connectivity index (χ3n) is 7.18. The Kier molecular flexibility index (Phi) is 9.90. The van der Waals surface area contributed by atoms with Gasteiger partial charge in [-0.1, -0.05) is 6.08 Å². The van der Waals surface area contributed by atoms with Crippen molar-refractivity contribution in [2.75, 3.05) is 20.8 Å². The van der Waals surface area contributed by atoms with Gasteiger partial charge in [-0.05, 0) is 23.8 Å². The Bertz CT molecular complexity index is 1460. The topological polar surface area (TPSA) is 280 Å². The maximum atomic E-state index is 13.0. The van der Waals surface area contributed by atoms with E-state index >= 15 is 0 Å². The number of methoxy groups -OCH3 is 2. The van der Waals surface area contributed by atoms with Crippen LogP contribution in [0, 0.1) is 0 Å². The first kappa shape index (κ1) is 33.2. The van der Waals surface area contributed by atoms with Crippen molar-refractivity contribution < 1.29 is 69.3 Å². The lowest BCUT2D eigenvalue weighted by Crippen LogP contribution is -2.63. The summed E-state index contributed by atoms with van der Waals surface area (Å²) in [5, 5.41) is 83.3. The quantitative estimate of drug-likeness (QED) is 0.112. The summed E-state index contributed by atoms with van der Waals surface area (Å²) in [6.07, 6.45) is -15.3. The zero-order chi connectivity index (χ0) is 32.5. The molecule has 18 heteroatoms. The number of phenols is 1. The van der Waals surface area contributed by atoms with E-state index in [1.165, 1.54) is 32.4 Å². The molecule has 2 aliphatic heterocycles. The van der Waals surface area contributed by atoms with Crippen molar-refractivity contribution in [2.45, 2.75) is 61.0 Å². The summed E-state index contributed by atoms with van der Waals surface area (Å²) >= 11 is 0. The number of phenolic OH excluding ortho intramolecular Hbond substituents is 1. The highest BCUT2D eigenvalue weighted by Crippen LogP contribution is 2.41. The molecule has 1 aromatic heterocycles. The smallest absolute Gasteiger partial charge is 0.332 e. The number of nitrogens with one attached hydrogen (secondary N) is 1. The van der Waals surface area contributed by atoms with Crippen LogP contribution in [0.25, 0.3) is 6.08 Å². The summed E-state index contributed by atoms with van der Waals surface area (Å²) < 4.78 is 27.1. The van der Waals surface area contributed by atoms with Crippen LogP contribution >= 0.6 is 0 Å². The number of rotatable bonds is 10. The van der Waals surface area contributed by atoms with Gasteiger partial charge in [0.2, 0.25) is 5.75 Å². The van der Waals surface area contributed by atoms with Crippen molar-refractivity contribution in [1.29, 1.82) is 0 Å². The molecule has 0 aliphatic carbocycles. The number of aliphatic hydroxyl groups excluding tert-OH is 7. The fraction of sp³-hybridized carbons (Fsp3) is 0.500. The van der Waals surface area contributed by atoms with Gasteiger partial charge >= 0.3 is 5.69 Å². The van der Waals surface area contributed by atoms with Gasteiger partial charge < -0.3 is 59.8 Å². The predicted octanol–water partition coefficient (Wildman–Crippen LogP) is -4.55. The predicted molar refractivity (Wildman–Crippen MR) is 142 cm³/mol. The van der Waals surface area contributed by atoms with E-state index in [1.54, 1.807) is 0 Å². The van der Waals surface area contributed by atoms with Gasteiger partial charge in [0.05, 0.1) is 20.8 Å². The number of benzene rings is 1. The molecule has 2 aliphatic rings. The molecule has 2 saturated heterocycles. The lowest BCUT2D eigenvalue weighted by atomic mass is 9.99. The average Bonchev–Trinajstić information content (AvgIpc) is 3.25. The number of ether oxygens (including phenoxy) is 5. The number of aromatic amines is 1. The van der Waals surface area contributed by atoms with Crippen molar-refractivity contribution in [2.24, 2.45) is 0 Å². The van der Waals surface area contributed by atoms with Crippen molar-refractivity contribution in [3.05, 3.63) is 56.9 Å². The summed E-state index contributed by atoms with van der Waals surface area (Å²) in [6.45, 7) is -0.872. The van der Waals surface area contributed by atoms with Gasteiger partial charge in [-0.15, -0.1) is 0 Å². The first-order chi connectivity index (χ1) is 20.8. The number of nitrogens with zero attached hydrogens (tertiary/aromatic N) is 1. The van der Waals surface area contributed by atoms with Gasteiger partial charge in [-0.25, -0.2) is 9.36 Å². The van der Waals surface area contributed by atoms with E-state index in [0.717, 1.165) is 18.3 Å².